The first kappa shape index (κ1) is 15.8. The van der Waals surface area contributed by atoms with Gasteiger partial charge in [0.05, 0.1) is 0 Å². The molecule has 4 rings (SSSR count). The van der Waals surface area contributed by atoms with Crippen LogP contribution in [0, 0.1) is 5.82 Å². The van der Waals surface area contributed by atoms with Crippen molar-refractivity contribution >= 4 is 0 Å². The van der Waals surface area contributed by atoms with Gasteiger partial charge in [0.2, 0.25) is 0 Å². The van der Waals surface area contributed by atoms with Crippen molar-refractivity contribution in [2.24, 2.45) is 0 Å². The van der Waals surface area contributed by atoms with Crippen LogP contribution in [0.15, 0.2) is 61.1 Å². The summed E-state index contributed by atoms with van der Waals surface area (Å²) in [7, 11) is 0. The van der Waals surface area contributed by atoms with Gasteiger partial charge < -0.3 is 0 Å². The van der Waals surface area contributed by atoms with Gasteiger partial charge >= 0.3 is 0 Å². The highest BCUT2D eigenvalue weighted by atomic mass is 19.1. The fourth-order valence-corrected chi connectivity index (χ4v) is 3.38. The average molecular weight is 334 g/mol. The molecule has 0 amide bonds. The van der Waals surface area contributed by atoms with Gasteiger partial charge in [-0.3, -0.25) is 9.88 Å². The van der Waals surface area contributed by atoms with E-state index >= 15 is 0 Å². The Labute approximate surface area is 146 Å². The third kappa shape index (κ3) is 3.56. The lowest BCUT2D eigenvalue weighted by atomic mass is 10.0. The summed E-state index contributed by atoms with van der Waals surface area (Å²) in [6, 6.07) is 12.9. The van der Waals surface area contributed by atoms with Crippen molar-refractivity contribution in [1.29, 1.82) is 0 Å². The highest BCUT2D eigenvalue weighted by Gasteiger charge is 2.26. The molecule has 2 aromatic heterocycles. The van der Waals surface area contributed by atoms with Crippen LogP contribution >= 0.6 is 0 Å². The zero-order valence-corrected chi connectivity index (χ0v) is 13.8. The second-order valence-corrected chi connectivity index (χ2v) is 6.31. The van der Waals surface area contributed by atoms with E-state index in [1.165, 1.54) is 17.7 Å². The quantitative estimate of drug-likeness (QED) is 0.723. The van der Waals surface area contributed by atoms with E-state index in [0.717, 1.165) is 37.2 Å². The number of hydrogen-bond donors (Lipinski definition) is 0. The van der Waals surface area contributed by atoms with Gasteiger partial charge in [0, 0.05) is 36.7 Å². The normalized spacial score (nSPS) is 17.7. The van der Waals surface area contributed by atoms with Crippen molar-refractivity contribution in [3.8, 4) is 11.5 Å². The van der Waals surface area contributed by atoms with Gasteiger partial charge in [0.1, 0.15) is 11.5 Å². The molecular formula is C20H19FN4. The summed E-state index contributed by atoms with van der Waals surface area (Å²) in [5.41, 5.74) is 3.03. The van der Waals surface area contributed by atoms with Crippen LogP contribution in [-0.4, -0.2) is 26.4 Å². The number of aromatic nitrogens is 3. The second kappa shape index (κ2) is 7.07. The van der Waals surface area contributed by atoms with Gasteiger partial charge in [-0.2, -0.15) is 0 Å². The van der Waals surface area contributed by atoms with Gasteiger partial charge in [0.25, 0.3) is 0 Å². The number of hydrogen-bond acceptors (Lipinski definition) is 4. The van der Waals surface area contributed by atoms with Crippen LogP contribution in [0.25, 0.3) is 11.5 Å². The Balaban J connectivity index is 1.48. The van der Waals surface area contributed by atoms with Crippen LogP contribution < -0.4 is 0 Å². The SMILES string of the molecule is Fc1ccc([C@@H]2CCCN2Cc2cnc(-c3ccccn3)nc2)cc1. The van der Waals surface area contributed by atoms with E-state index in [9.17, 15) is 4.39 Å². The van der Waals surface area contributed by atoms with Crippen molar-refractivity contribution in [3.63, 3.8) is 0 Å². The Hall–Kier alpha value is -2.66. The lowest BCUT2D eigenvalue weighted by molar-refractivity contribution is 0.248. The van der Waals surface area contributed by atoms with Crippen molar-refractivity contribution in [2.45, 2.75) is 25.4 Å². The second-order valence-electron chi connectivity index (χ2n) is 6.31. The van der Waals surface area contributed by atoms with Gasteiger partial charge in [-0.05, 0) is 49.2 Å². The van der Waals surface area contributed by atoms with Crippen LogP contribution in [0.5, 0.6) is 0 Å². The minimum Gasteiger partial charge on any atom is -0.292 e. The fourth-order valence-electron chi connectivity index (χ4n) is 3.38. The maximum Gasteiger partial charge on any atom is 0.178 e. The predicted molar refractivity (Wildman–Crippen MR) is 94.0 cm³/mol. The van der Waals surface area contributed by atoms with Crippen LogP contribution in [0.2, 0.25) is 0 Å². The van der Waals surface area contributed by atoms with E-state index in [1.807, 2.05) is 42.7 Å². The molecule has 0 N–H and O–H groups in total. The van der Waals surface area contributed by atoms with Crippen molar-refractivity contribution in [1.82, 2.24) is 19.9 Å². The summed E-state index contributed by atoms with van der Waals surface area (Å²) in [5, 5.41) is 0. The maximum atomic E-state index is 13.2. The zero-order chi connectivity index (χ0) is 17.1. The van der Waals surface area contributed by atoms with Crippen LogP contribution in [0.3, 0.4) is 0 Å². The standard InChI is InChI=1S/C20H19FN4/c21-17-8-6-16(7-9-17)19-5-3-11-25(19)14-15-12-23-20(24-13-15)18-4-1-2-10-22-18/h1-2,4,6-10,12-13,19H,3,5,11,14H2/t19-/m0/s1. The number of benzene rings is 1. The molecule has 0 spiro atoms. The number of pyridine rings is 1. The highest BCUT2D eigenvalue weighted by molar-refractivity contribution is 5.47. The Bertz CT molecular complexity index is 819. The van der Waals surface area contributed by atoms with Crippen LogP contribution in [0.4, 0.5) is 4.39 Å². The fraction of sp³-hybridized carbons (Fsp3) is 0.250. The largest absolute Gasteiger partial charge is 0.292 e. The minimum absolute atomic E-state index is 0.188. The monoisotopic (exact) mass is 334 g/mol. The molecule has 1 saturated heterocycles. The molecule has 0 aliphatic carbocycles. The van der Waals surface area contributed by atoms with Crippen LogP contribution in [-0.2, 0) is 6.54 Å². The summed E-state index contributed by atoms with van der Waals surface area (Å²) in [5.74, 6) is 0.452. The molecule has 1 aliphatic heterocycles. The number of nitrogens with zero attached hydrogens (tertiary/aromatic N) is 4. The lowest BCUT2D eigenvalue weighted by Crippen LogP contribution is -2.23. The van der Waals surface area contributed by atoms with E-state index in [2.05, 4.69) is 19.9 Å². The van der Waals surface area contributed by atoms with E-state index in [0.29, 0.717) is 11.9 Å². The number of halogens is 1. The Kier molecular flexibility index (Phi) is 4.48. The topological polar surface area (TPSA) is 41.9 Å². The van der Waals surface area contributed by atoms with Gasteiger partial charge in [-0.1, -0.05) is 18.2 Å². The number of rotatable bonds is 4. The average Bonchev–Trinajstić information content (AvgIpc) is 3.12. The Morgan fingerprint density at radius 2 is 1.80 bits per heavy atom. The maximum absolute atomic E-state index is 13.2. The zero-order valence-electron chi connectivity index (χ0n) is 13.8. The summed E-state index contributed by atoms with van der Waals surface area (Å²) in [6.07, 6.45) is 7.73. The Morgan fingerprint density at radius 1 is 1.00 bits per heavy atom. The summed E-state index contributed by atoms with van der Waals surface area (Å²) in [4.78, 5) is 15.6. The van der Waals surface area contributed by atoms with E-state index in [-0.39, 0.29) is 5.82 Å². The van der Waals surface area contributed by atoms with Gasteiger partial charge in [-0.25, -0.2) is 14.4 Å². The van der Waals surface area contributed by atoms with Crippen molar-refractivity contribution < 1.29 is 4.39 Å². The van der Waals surface area contributed by atoms with Crippen molar-refractivity contribution in [2.75, 3.05) is 6.54 Å². The summed E-state index contributed by atoms with van der Waals surface area (Å²) in [6.45, 7) is 1.83. The third-order valence-electron chi connectivity index (χ3n) is 4.60. The van der Waals surface area contributed by atoms with Gasteiger partial charge in [-0.15, -0.1) is 0 Å². The lowest BCUT2D eigenvalue weighted by Gasteiger charge is -2.24. The summed E-state index contributed by atoms with van der Waals surface area (Å²) >= 11 is 0. The molecule has 126 valence electrons. The molecule has 3 heterocycles. The molecule has 25 heavy (non-hydrogen) atoms. The molecule has 0 unspecified atom stereocenters. The molecular weight excluding hydrogens is 315 g/mol. The third-order valence-corrected chi connectivity index (χ3v) is 4.60. The Morgan fingerprint density at radius 3 is 2.52 bits per heavy atom. The van der Waals surface area contributed by atoms with E-state index in [1.54, 1.807) is 6.20 Å². The van der Waals surface area contributed by atoms with Gasteiger partial charge in [0.15, 0.2) is 5.82 Å². The molecule has 0 radical (unpaired) electrons. The molecule has 1 aromatic carbocycles. The smallest absolute Gasteiger partial charge is 0.178 e. The number of likely N-dealkylation sites (tertiary alicyclic amines) is 1. The van der Waals surface area contributed by atoms with Crippen LogP contribution in [0.1, 0.15) is 30.0 Å². The molecule has 0 saturated carbocycles. The molecule has 1 aliphatic rings. The molecule has 5 heteroatoms. The predicted octanol–water partition coefficient (Wildman–Crippen LogP) is 4.01. The molecule has 1 atom stereocenters. The first-order chi connectivity index (χ1) is 12.3. The summed E-state index contributed by atoms with van der Waals surface area (Å²) < 4.78 is 13.2. The highest BCUT2D eigenvalue weighted by Crippen LogP contribution is 2.33. The van der Waals surface area contributed by atoms with E-state index in [4.69, 9.17) is 0 Å². The van der Waals surface area contributed by atoms with E-state index < -0.39 is 0 Å². The minimum atomic E-state index is -0.188. The first-order valence-electron chi connectivity index (χ1n) is 8.51. The molecule has 1 fully saturated rings. The molecule has 3 aromatic rings. The molecule has 4 nitrogen and oxygen atoms in total. The van der Waals surface area contributed by atoms with Crippen molar-refractivity contribution in [3.05, 3.63) is 78.0 Å². The first-order valence-corrected chi connectivity index (χ1v) is 8.51. The molecule has 0 bridgehead atoms.